The standard InChI is InChI=1S/C8H7NO3/c10-8(11)9-6-3-5-1-2-12-7(5)4-6/h1,3-4,9H,2H2,(H,10,11). The minimum atomic E-state index is -1.06. The second kappa shape index (κ2) is 2.41. The molecule has 1 aliphatic heterocycles. The first-order chi connectivity index (χ1) is 5.75. The van der Waals surface area contributed by atoms with E-state index in [9.17, 15) is 4.79 Å². The SMILES string of the molecule is O=C(O)NC1=CC2=CCOC2=C1. The van der Waals surface area contributed by atoms with E-state index in [-0.39, 0.29) is 0 Å². The lowest BCUT2D eigenvalue weighted by Gasteiger charge is -1.96. The van der Waals surface area contributed by atoms with Crippen molar-refractivity contribution in [1.29, 1.82) is 0 Å². The van der Waals surface area contributed by atoms with Crippen LogP contribution < -0.4 is 5.32 Å². The summed E-state index contributed by atoms with van der Waals surface area (Å²) in [7, 11) is 0. The van der Waals surface area contributed by atoms with Crippen molar-refractivity contribution in [3.63, 3.8) is 0 Å². The lowest BCUT2D eigenvalue weighted by molar-refractivity contribution is 0.198. The first-order valence-corrected chi connectivity index (χ1v) is 3.52. The molecule has 62 valence electrons. The zero-order valence-electron chi connectivity index (χ0n) is 6.20. The van der Waals surface area contributed by atoms with Crippen LogP contribution in [-0.4, -0.2) is 17.8 Å². The molecule has 0 saturated carbocycles. The van der Waals surface area contributed by atoms with Crippen molar-refractivity contribution >= 4 is 6.09 Å². The van der Waals surface area contributed by atoms with E-state index >= 15 is 0 Å². The van der Waals surface area contributed by atoms with E-state index in [1.165, 1.54) is 0 Å². The van der Waals surface area contributed by atoms with Crippen LogP contribution in [0.2, 0.25) is 0 Å². The number of hydrogen-bond acceptors (Lipinski definition) is 2. The van der Waals surface area contributed by atoms with Gasteiger partial charge in [-0.25, -0.2) is 4.79 Å². The average molecular weight is 165 g/mol. The monoisotopic (exact) mass is 165 g/mol. The summed E-state index contributed by atoms with van der Waals surface area (Å²) in [6.07, 6.45) is 4.27. The topological polar surface area (TPSA) is 58.6 Å². The number of amides is 1. The van der Waals surface area contributed by atoms with E-state index in [4.69, 9.17) is 9.84 Å². The van der Waals surface area contributed by atoms with Crippen molar-refractivity contribution < 1.29 is 14.6 Å². The highest BCUT2D eigenvalue weighted by Gasteiger charge is 2.18. The Labute approximate surface area is 68.8 Å². The average Bonchev–Trinajstić information content (AvgIpc) is 2.43. The molecule has 2 aliphatic rings. The Morgan fingerprint density at radius 1 is 1.58 bits per heavy atom. The third kappa shape index (κ3) is 1.07. The van der Waals surface area contributed by atoms with Gasteiger partial charge in [0.2, 0.25) is 0 Å². The number of hydrogen-bond donors (Lipinski definition) is 2. The first-order valence-electron chi connectivity index (χ1n) is 3.52. The van der Waals surface area contributed by atoms with Crippen LogP contribution >= 0.6 is 0 Å². The highest BCUT2D eigenvalue weighted by molar-refractivity contribution is 5.69. The molecule has 0 spiro atoms. The quantitative estimate of drug-likeness (QED) is 0.609. The maximum atomic E-state index is 10.2. The molecule has 0 aromatic rings. The van der Waals surface area contributed by atoms with Crippen molar-refractivity contribution in [2.75, 3.05) is 6.61 Å². The van der Waals surface area contributed by atoms with Gasteiger partial charge in [-0.2, -0.15) is 0 Å². The number of carbonyl (C=O) groups is 1. The highest BCUT2D eigenvalue weighted by Crippen LogP contribution is 2.27. The number of carboxylic acid groups (broad SMARTS) is 1. The molecule has 0 aromatic carbocycles. The van der Waals surface area contributed by atoms with Crippen LogP contribution in [0, 0.1) is 0 Å². The zero-order valence-corrected chi connectivity index (χ0v) is 6.20. The molecule has 4 nitrogen and oxygen atoms in total. The number of nitrogens with one attached hydrogen (secondary N) is 1. The second-order valence-corrected chi connectivity index (χ2v) is 2.51. The normalized spacial score (nSPS) is 18.8. The molecule has 0 bridgehead atoms. The fourth-order valence-electron chi connectivity index (χ4n) is 1.21. The molecule has 0 unspecified atom stereocenters. The fourth-order valence-corrected chi connectivity index (χ4v) is 1.21. The molecule has 0 fully saturated rings. The van der Waals surface area contributed by atoms with Crippen LogP contribution in [0.15, 0.2) is 35.3 Å². The van der Waals surface area contributed by atoms with Crippen LogP contribution in [0.5, 0.6) is 0 Å². The lowest BCUT2D eigenvalue weighted by atomic mass is 10.3. The zero-order chi connectivity index (χ0) is 8.55. The molecule has 0 saturated heterocycles. The first kappa shape index (κ1) is 6.97. The number of ether oxygens (including phenoxy) is 1. The summed E-state index contributed by atoms with van der Waals surface area (Å²) >= 11 is 0. The number of rotatable bonds is 1. The highest BCUT2D eigenvalue weighted by atomic mass is 16.5. The summed E-state index contributed by atoms with van der Waals surface area (Å²) in [4.78, 5) is 10.2. The van der Waals surface area contributed by atoms with E-state index in [0.717, 1.165) is 11.3 Å². The Bertz CT molecular complexity index is 325. The van der Waals surface area contributed by atoms with Gasteiger partial charge >= 0.3 is 6.09 Å². The van der Waals surface area contributed by atoms with Crippen LogP contribution in [0.3, 0.4) is 0 Å². The molecule has 1 heterocycles. The van der Waals surface area contributed by atoms with E-state index in [1.807, 2.05) is 6.08 Å². The molecule has 0 radical (unpaired) electrons. The summed E-state index contributed by atoms with van der Waals surface area (Å²) in [6.45, 7) is 0.581. The molecule has 4 heteroatoms. The maximum absolute atomic E-state index is 10.2. The fraction of sp³-hybridized carbons (Fsp3) is 0.125. The van der Waals surface area contributed by atoms with E-state index in [0.29, 0.717) is 12.3 Å². The van der Waals surface area contributed by atoms with E-state index in [1.54, 1.807) is 12.2 Å². The van der Waals surface area contributed by atoms with Gasteiger partial charge in [0.25, 0.3) is 0 Å². The summed E-state index contributed by atoms with van der Waals surface area (Å²) < 4.78 is 5.17. The number of allylic oxidation sites excluding steroid dienone is 2. The Balaban J connectivity index is 2.17. The van der Waals surface area contributed by atoms with Crippen LogP contribution in [0.25, 0.3) is 0 Å². The molecule has 12 heavy (non-hydrogen) atoms. The predicted molar refractivity (Wildman–Crippen MR) is 41.4 cm³/mol. The van der Waals surface area contributed by atoms with Gasteiger partial charge in [-0.3, -0.25) is 5.32 Å². The van der Waals surface area contributed by atoms with Gasteiger partial charge < -0.3 is 9.84 Å². The van der Waals surface area contributed by atoms with Gasteiger partial charge in [-0.15, -0.1) is 0 Å². The van der Waals surface area contributed by atoms with Crippen LogP contribution in [0.1, 0.15) is 0 Å². The Morgan fingerprint density at radius 3 is 3.08 bits per heavy atom. The van der Waals surface area contributed by atoms with Crippen molar-refractivity contribution in [3.05, 3.63) is 35.3 Å². The molecule has 1 amide bonds. The van der Waals surface area contributed by atoms with Crippen molar-refractivity contribution in [2.24, 2.45) is 0 Å². The molecule has 0 aromatic heterocycles. The molecule has 2 N–H and O–H groups in total. The molecular weight excluding hydrogens is 158 g/mol. The van der Waals surface area contributed by atoms with Crippen LogP contribution in [0.4, 0.5) is 4.79 Å². The minimum Gasteiger partial charge on any atom is -0.489 e. The third-order valence-electron chi connectivity index (χ3n) is 1.68. The molecular formula is C8H7NO3. The number of fused-ring (bicyclic) bond motifs is 1. The van der Waals surface area contributed by atoms with Gasteiger partial charge in [0.1, 0.15) is 12.4 Å². The van der Waals surface area contributed by atoms with Gasteiger partial charge in [-0.05, 0) is 12.2 Å². The molecule has 0 atom stereocenters. The van der Waals surface area contributed by atoms with Crippen molar-refractivity contribution in [2.45, 2.75) is 0 Å². The largest absolute Gasteiger partial charge is 0.489 e. The summed E-state index contributed by atoms with van der Waals surface area (Å²) in [5, 5.41) is 10.6. The van der Waals surface area contributed by atoms with Gasteiger partial charge in [0, 0.05) is 17.3 Å². The van der Waals surface area contributed by atoms with Crippen molar-refractivity contribution in [3.8, 4) is 0 Å². The van der Waals surface area contributed by atoms with E-state index < -0.39 is 6.09 Å². The summed E-state index contributed by atoms with van der Waals surface area (Å²) in [5.74, 6) is 0.749. The summed E-state index contributed by atoms with van der Waals surface area (Å²) in [6, 6.07) is 0. The van der Waals surface area contributed by atoms with Crippen molar-refractivity contribution in [1.82, 2.24) is 5.32 Å². The van der Waals surface area contributed by atoms with Crippen LogP contribution in [-0.2, 0) is 4.74 Å². The Hall–Kier alpha value is -1.71. The van der Waals surface area contributed by atoms with Gasteiger partial charge in [-0.1, -0.05) is 0 Å². The third-order valence-corrected chi connectivity index (χ3v) is 1.68. The smallest absolute Gasteiger partial charge is 0.409 e. The van der Waals surface area contributed by atoms with Gasteiger partial charge in [0.05, 0.1) is 0 Å². The van der Waals surface area contributed by atoms with E-state index in [2.05, 4.69) is 5.32 Å². The Morgan fingerprint density at radius 2 is 2.42 bits per heavy atom. The predicted octanol–water partition coefficient (Wildman–Crippen LogP) is 0.992. The maximum Gasteiger partial charge on any atom is 0.409 e. The summed E-state index contributed by atoms with van der Waals surface area (Å²) in [5.41, 5.74) is 1.52. The molecule has 2 rings (SSSR count). The Kier molecular flexibility index (Phi) is 1.40. The second-order valence-electron chi connectivity index (χ2n) is 2.51. The lowest BCUT2D eigenvalue weighted by Crippen LogP contribution is -2.18. The molecule has 1 aliphatic carbocycles. The minimum absolute atomic E-state index is 0.559. The van der Waals surface area contributed by atoms with Gasteiger partial charge in [0.15, 0.2) is 0 Å².